The van der Waals surface area contributed by atoms with Gasteiger partial charge < -0.3 is 5.32 Å². The van der Waals surface area contributed by atoms with Crippen molar-refractivity contribution in [2.24, 2.45) is 0 Å². The monoisotopic (exact) mass is 249 g/mol. The lowest BCUT2D eigenvalue weighted by atomic mass is 10.1. The van der Waals surface area contributed by atoms with Gasteiger partial charge in [-0.1, -0.05) is 0 Å². The molecule has 1 aromatic rings. The van der Waals surface area contributed by atoms with E-state index in [4.69, 9.17) is 0 Å². The van der Waals surface area contributed by atoms with Gasteiger partial charge in [0.15, 0.2) is 0 Å². The Hall–Kier alpha value is -0.480. The fourth-order valence-electron chi connectivity index (χ4n) is 1.03. The van der Waals surface area contributed by atoms with Crippen molar-refractivity contribution in [3.63, 3.8) is 0 Å². The van der Waals surface area contributed by atoms with E-state index in [2.05, 4.69) is 21.2 Å². The molecule has 0 aliphatic rings. The average Bonchev–Trinajstić information content (AvgIpc) is 2.10. The molecular formula is C9H10BrF2N. The molecule has 0 radical (unpaired) electrons. The van der Waals surface area contributed by atoms with Crippen LogP contribution in [0.15, 0.2) is 16.6 Å². The Bertz CT molecular complexity index is 315. The standard InChI is InChI=1S/C9H10BrF2N/c1-5(13-2)6-3-9(12)7(10)4-8(6)11/h3-5,13H,1-2H3. The molecule has 0 aromatic heterocycles. The minimum atomic E-state index is -0.446. The molecule has 13 heavy (non-hydrogen) atoms. The summed E-state index contributed by atoms with van der Waals surface area (Å²) in [4.78, 5) is 0. The lowest BCUT2D eigenvalue weighted by molar-refractivity contribution is 0.543. The maximum atomic E-state index is 13.2. The van der Waals surface area contributed by atoms with E-state index in [-0.39, 0.29) is 10.5 Å². The van der Waals surface area contributed by atoms with Gasteiger partial charge in [-0.25, -0.2) is 8.78 Å². The van der Waals surface area contributed by atoms with Gasteiger partial charge in [-0.2, -0.15) is 0 Å². The molecule has 0 saturated heterocycles. The molecule has 72 valence electrons. The van der Waals surface area contributed by atoms with Crippen LogP contribution < -0.4 is 5.32 Å². The lowest BCUT2D eigenvalue weighted by Crippen LogP contribution is -2.14. The Morgan fingerprint density at radius 2 is 1.92 bits per heavy atom. The molecule has 0 heterocycles. The van der Waals surface area contributed by atoms with Gasteiger partial charge in [0.25, 0.3) is 0 Å². The Labute approximate surface area is 84.3 Å². The molecule has 0 spiro atoms. The highest BCUT2D eigenvalue weighted by atomic mass is 79.9. The molecule has 0 bridgehead atoms. The van der Waals surface area contributed by atoms with Crippen molar-refractivity contribution >= 4 is 15.9 Å². The fraction of sp³-hybridized carbons (Fsp3) is 0.333. The summed E-state index contributed by atoms with van der Waals surface area (Å²) in [6.45, 7) is 1.77. The zero-order chi connectivity index (χ0) is 10.0. The summed E-state index contributed by atoms with van der Waals surface area (Å²) in [5.41, 5.74) is 0.336. The van der Waals surface area contributed by atoms with Crippen molar-refractivity contribution < 1.29 is 8.78 Å². The van der Waals surface area contributed by atoms with E-state index in [1.165, 1.54) is 6.07 Å². The molecule has 1 unspecified atom stereocenters. The highest BCUT2D eigenvalue weighted by molar-refractivity contribution is 9.10. The fourth-order valence-corrected chi connectivity index (χ4v) is 1.34. The highest BCUT2D eigenvalue weighted by Crippen LogP contribution is 2.23. The Balaban J connectivity index is 3.15. The van der Waals surface area contributed by atoms with E-state index < -0.39 is 11.6 Å². The summed E-state index contributed by atoms with van der Waals surface area (Å²) < 4.78 is 26.4. The average molecular weight is 250 g/mol. The third-order valence-corrected chi connectivity index (χ3v) is 2.55. The topological polar surface area (TPSA) is 12.0 Å². The number of rotatable bonds is 2. The van der Waals surface area contributed by atoms with E-state index in [9.17, 15) is 8.78 Å². The van der Waals surface area contributed by atoms with Crippen LogP contribution in [0.3, 0.4) is 0 Å². The Morgan fingerprint density at radius 1 is 1.31 bits per heavy atom. The van der Waals surface area contributed by atoms with Crippen LogP contribution in [0, 0.1) is 11.6 Å². The van der Waals surface area contributed by atoms with Crippen molar-refractivity contribution in [3.8, 4) is 0 Å². The minimum Gasteiger partial charge on any atom is -0.313 e. The largest absolute Gasteiger partial charge is 0.313 e. The van der Waals surface area contributed by atoms with Crippen LogP contribution in [0.1, 0.15) is 18.5 Å². The summed E-state index contributed by atoms with van der Waals surface area (Å²) in [7, 11) is 1.70. The Kier molecular flexibility index (Phi) is 3.39. The molecule has 0 aliphatic heterocycles. The third-order valence-electron chi connectivity index (χ3n) is 1.94. The van der Waals surface area contributed by atoms with E-state index in [0.29, 0.717) is 5.56 Å². The van der Waals surface area contributed by atoms with Crippen LogP contribution in [0.25, 0.3) is 0 Å². The number of hydrogen-bond donors (Lipinski definition) is 1. The SMILES string of the molecule is CNC(C)c1cc(F)c(Br)cc1F. The smallest absolute Gasteiger partial charge is 0.137 e. The first-order valence-corrected chi connectivity index (χ1v) is 4.67. The van der Waals surface area contributed by atoms with E-state index in [0.717, 1.165) is 6.07 Å². The van der Waals surface area contributed by atoms with Crippen molar-refractivity contribution in [2.45, 2.75) is 13.0 Å². The highest BCUT2D eigenvalue weighted by Gasteiger charge is 2.12. The molecule has 1 nitrogen and oxygen atoms in total. The lowest BCUT2D eigenvalue weighted by Gasteiger charge is -2.11. The van der Waals surface area contributed by atoms with Crippen molar-refractivity contribution in [1.29, 1.82) is 0 Å². The molecule has 0 amide bonds. The van der Waals surface area contributed by atoms with E-state index >= 15 is 0 Å². The molecule has 1 N–H and O–H groups in total. The summed E-state index contributed by atoms with van der Waals surface area (Å²) in [6, 6.07) is 2.14. The number of halogens is 3. The molecule has 0 fully saturated rings. The maximum absolute atomic E-state index is 13.2. The van der Waals surface area contributed by atoms with Crippen molar-refractivity contribution in [3.05, 3.63) is 33.8 Å². The first kappa shape index (κ1) is 10.6. The summed E-state index contributed by atoms with van der Waals surface area (Å²) in [5, 5.41) is 2.85. The maximum Gasteiger partial charge on any atom is 0.137 e. The van der Waals surface area contributed by atoms with Gasteiger partial charge in [-0.15, -0.1) is 0 Å². The third kappa shape index (κ3) is 2.25. The summed E-state index contributed by atoms with van der Waals surface area (Å²) >= 11 is 2.92. The van der Waals surface area contributed by atoms with E-state index in [1.54, 1.807) is 14.0 Å². The molecular weight excluding hydrogens is 240 g/mol. The van der Waals surface area contributed by atoms with Crippen molar-refractivity contribution in [1.82, 2.24) is 5.32 Å². The van der Waals surface area contributed by atoms with Gasteiger partial charge in [-0.05, 0) is 42.0 Å². The Morgan fingerprint density at radius 3 is 2.46 bits per heavy atom. The zero-order valence-electron chi connectivity index (χ0n) is 7.37. The number of benzene rings is 1. The number of nitrogens with one attached hydrogen (secondary N) is 1. The van der Waals surface area contributed by atoms with Crippen LogP contribution in [0.5, 0.6) is 0 Å². The van der Waals surface area contributed by atoms with Gasteiger partial charge >= 0.3 is 0 Å². The molecule has 1 aromatic carbocycles. The van der Waals surface area contributed by atoms with Gasteiger partial charge in [0.1, 0.15) is 11.6 Å². The molecule has 0 saturated carbocycles. The molecule has 0 aliphatic carbocycles. The van der Waals surface area contributed by atoms with Gasteiger partial charge in [0.2, 0.25) is 0 Å². The van der Waals surface area contributed by atoms with E-state index in [1.807, 2.05) is 0 Å². The van der Waals surface area contributed by atoms with Gasteiger partial charge in [-0.3, -0.25) is 0 Å². The second kappa shape index (κ2) is 4.15. The van der Waals surface area contributed by atoms with Gasteiger partial charge in [0, 0.05) is 11.6 Å². The van der Waals surface area contributed by atoms with Crippen LogP contribution in [-0.4, -0.2) is 7.05 Å². The summed E-state index contributed by atoms with van der Waals surface area (Å²) in [6.07, 6.45) is 0. The minimum absolute atomic E-state index is 0.150. The second-order valence-electron chi connectivity index (χ2n) is 2.80. The quantitative estimate of drug-likeness (QED) is 0.795. The van der Waals surface area contributed by atoms with Crippen LogP contribution in [0.4, 0.5) is 8.78 Å². The second-order valence-corrected chi connectivity index (χ2v) is 3.65. The first-order valence-electron chi connectivity index (χ1n) is 3.88. The molecule has 1 atom stereocenters. The summed E-state index contributed by atoms with van der Waals surface area (Å²) in [5.74, 6) is -0.853. The zero-order valence-corrected chi connectivity index (χ0v) is 8.95. The predicted octanol–water partition coefficient (Wildman–Crippen LogP) is 3.01. The molecule has 1 rings (SSSR count). The first-order chi connectivity index (χ1) is 6.06. The van der Waals surface area contributed by atoms with Crippen LogP contribution in [0.2, 0.25) is 0 Å². The van der Waals surface area contributed by atoms with Gasteiger partial charge in [0.05, 0.1) is 4.47 Å². The molecule has 4 heteroatoms. The predicted molar refractivity (Wildman–Crippen MR) is 51.5 cm³/mol. The normalized spacial score (nSPS) is 13.0. The van der Waals surface area contributed by atoms with Crippen LogP contribution >= 0.6 is 15.9 Å². The number of hydrogen-bond acceptors (Lipinski definition) is 1. The van der Waals surface area contributed by atoms with Crippen LogP contribution in [-0.2, 0) is 0 Å². The van der Waals surface area contributed by atoms with Crippen molar-refractivity contribution in [2.75, 3.05) is 7.05 Å².